The summed E-state index contributed by atoms with van der Waals surface area (Å²) in [4.78, 5) is 41.7. The number of aryl methyl sites for hydroxylation is 1. The van der Waals surface area contributed by atoms with Crippen molar-refractivity contribution < 1.29 is 14.4 Å². The Kier molecular flexibility index (Phi) is 5.31. The van der Waals surface area contributed by atoms with Crippen LogP contribution < -0.4 is 4.90 Å². The Morgan fingerprint density at radius 2 is 1.61 bits per heavy atom. The summed E-state index contributed by atoms with van der Waals surface area (Å²) in [6.07, 6.45) is -0.0453. The molecular formula is C22H23ClN2O3. The first-order valence-corrected chi connectivity index (χ1v) is 9.50. The summed E-state index contributed by atoms with van der Waals surface area (Å²) in [6, 6.07) is 12.9. The van der Waals surface area contributed by atoms with Crippen LogP contribution in [0, 0.1) is 6.92 Å². The summed E-state index contributed by atoms with van der Waals surface area (Å²) in [6.45, 7) is 7.53. The molecule has 1 atom stereocenters. The van der Waals surface area contributed by atoms with E-state index in [2.05, 4.69) is 0 Å². The van der Waals surface area contributed by atoms with Crippen LogP contribution in [0.3, 0.4) is 0 Å². The van der Waals surface area contributed by atoms with Crippen molar-refractivity contribution in [2.75, 3.05) is 4.90 Å². The first-order chi connectivity index (χ1) is 13.1. The van der Waals surface area contributed by atoms with Gasteiger partial charge in [-0.2, -0.15) is 0 Å². The van der Waals surface area contributed by atoms with E-state index in [1.807, 2.05) is 39.8 Å². The molecule has 1 heterocycles. The largest absolute Gasteiger partial charge is 0.321 e. The Morgan fingerprint density at radius 3 is 2.14 bits per heavy atom. The van der Waals surface area contributed by atoms with Gasteiger partial charge in [0.1, 0.15) is 6.04 Å². The number of halogens is 1. The molecule has 1 unspecified atom stereocenters. The van der Waals surface area contributed by atoms with Crippen LogP contribution in [-0.4, -0.2) is 34.2 Å². The molecule has 2 aromatic carbocycles. The monoisotopic (exact) mass is 398 g/mol. The van der Waals surface area contributed by atoms with Crippen molar-refractivity contribution in [2.24, 2.45) is 0 Å². The van der Waals surface area contributed by atoms with E-state index < -0.39 is 17.5 Å². The van der Waals surface area contributed by atoms with Crippen molar-refractivity contribution in [2.45, 2.75) is 45.7 Å². The lowest BCUT2D eigenvalue weighted by Crippen LogP contribution is -2.54. The van der Waals surface area contributed by atoms with E-state index in [0.717, 1.165) is 10.5 Å². The van der Waals surface area contributed by atoms with Gasteiger partial charge in [-0.1, -0.05) is 29.3 Å². The van der Waals surface area contributed by atoms with Crippen molar-refractivity contribution in [3.8, 4) is 0 Å². The lowest BCUT2D eigenvalue weighted by Gasteiger charge is -2.39. The minimum absolute atomic E-state index is 0.0453. The maximum absolute atomic E-state index is 13.3. The molecule has 3 amide bonds. The van der Waals surface area contributed by atoms with Gasteiger partial charge in [-0.3, -0.25) is 14.4 Å². The van der Waals surface area contributed by atoms with Crippen LogP contribution in [0.2, 0.25) is 5.02 Å². The fourth-order valence-corrected chi connectivity index (χ4v) is 3.55. The van der Waals surface area contributed by atoms with Crippen LogP contribution in [0.15, 0.2) is 48.5 Å². The predicted octanol–water partition coefficient (Wildman–Crippen LogP) is 4.22. The van der Waals surface area contributed by atoms with Gasteiger partial charge in [0, 0.05) is 16.1 Å². The molecule has 3 rings (SSSR count). The number of nitrogens with zero attached hydrogens (tertiary/aromatic N) is 2. The average molecular weight is 399 g/mol. The molecule has 1 aliphatic heterocycles. The SMILES string of the molecule is Cc1ccc(C(=O)N(C2CC(=O)N(c3ccc(Cl)cc3)C2=O)C(C)(C)C)cc1. The van der Waals surface area contributed by atoms with Gasteiger partial charge in [-0.25, -0.2) is 4.90 Å². The van der Waals surface area contributed by atoms with E-state index in [9.17, 15) is 14.4 Å². The fraction of sp³-hybridized carbons (Fsp3) is 0.318. The molecule has 0 aliphatic carbocycles. The molecule has 28 heavy (non-hydrogen) atoms. The van der Waals surface area contributed by atoms with Gasteiger partial charge in [0.2, 0.25) is 5.91 Å². The van der Waals surface area contributed by atoms with Crippen LogP contribution >= 0.6 is 11.6 Å². The summed E-state index contributed by atoms with van der Waals surface area (Å²) in [5, 5.41) is 0.519. The zero-order chi connectivity index (χ0) is 20.6. The fourth-order valence-electron chi connectivity index (χ4n) is 3.43. The summed E-state index contributed by atoms with van der Waals surface area (Å²) < 4.78 is 0. The first kappa shape index (κ1) is 20.1. The summed E-state index contributed by atoms with van der Waals surface area (Å²) >= 11 is 5.91. The molecular weight excluding hydrogens is 376 g/mol. The second kappa shape index (κ2) is 7.40. The van der Waals surface area contributed by atoms with E-state index in [-0.39, 0.29) is 18.2 Å². The highest BCUT2D eigenvalue weighted by Gasteiger charge is 2.47. The molecule has 0 bridgehead atoms. The van der Waals surface area contributed by atoms with Gasteiger partial charge in [0.05, 0.1) is 12.1 Å². The molecule has 1 aliphatic rings. The number of hydrogen-bond acceptors (Lipinski definition) is 3. The lowest BCUT2D eigenvalue weighted by atomic mass is 9.99. The number of benzene rings is 2. The number of amides is 3. The predicted molar refractivity (Wildman–Crippen MR) is 109 cm³/mol. The van der Waals surface area contributed by atoms with Crippen LogP contribution in [0.1, 0.15) is 43.1 Å². The summed E-state index contributed by atoms with van der Waals surface area (Å²) in [5.41, 5.74) is 1.35. The highest BCUT2D eigenvalue weighted by Crippen LogP contribution is 2.31. The summed E-state index contributed by atoms with van der Waals surface area (Å²) in [7, 11) is 0. The van der Waals surface area contributed by atoms with Gasteiger partial charge >= 0.3 is 0 Å². The molecule has 5 nitrogen and oxygen atoms in total. The topological polar surface area (TPSA) is 57.7 Å². The number of hydrogen-bond donors (Lipinski definition) is 0. The number of carbonyl (C=O) groups is 3. The Morgan fingerprint density at radius 1 is 1.04 bits per heavy atom. The Labute approximate surface area is 169 Å². The highest BCUT2D eigenvalue weighted by molar-refractivity contribution is 6.31. The minimum Gasteiger partial charge on any atom is -0.321 e. The molecule has 0 radical (unpaired) electrons. The third kappa shape index (κ3) is 3.80. The number of anilines is 1. The van der Waals surface area contributed by atoms with Crippen LogP contribution in [0.4, 0.5) is 5.69 Å². The normalized spacial score (nSPS) is 17.2. The number of rotatable bonds is 3. The standard InChI is InChI=1S/C22H23ClN2O3/c1-14-5-7-15(8-6-14)20(27)25(22(2,3)4)18-13-19(26)24(21(18)28)17-11-9-16(23)10-12-17/h5-12,18H,13H2,1-4H3. The smallest absolute Gasteiger partial charge is 0.257 e. The van der Waals surface area contributed by atoms with Gasteiger partial charge in [-0.05, 0) is 64.1 Å². The van der Waals surface area contributed by atoms with E-state index in [1.54, 1.807) is 36.4 Å². The van der Waals surface area contributed by atoms with Crippen LogP contribution in [-0.2, 0) is 9.59 Å². The Hall–Kier alpha value is -2.66. The first-order valence-electron chi connectivity index (χ1n) is 9.12. The van der Waals surface area contributed by atoms with Gasteiger partial charge in [-0.15, -0.1) is 0 Å². The molecule has 146 valence electrons. The molecule has 0 spiro atoms. The van der Waals surface area contributed by atoms with Crippen molar-refractivity contribution in [3.63, 3.8) is 0 Å². The van der Waals surface area contributed by atoms with E-state index in [0.29, 0.717) is 16.3 Å². The van der Waals surface area contributed by atoms with Crippen molar-refractivity contribution >= 4 is 35.0 Å². The minimum atomic E-state index is -0.850. The molecule has 2 aromatic rings. The zero-order valence-corrected chi connectivity index (χ0v) is 17.2. The van der Waals surface area contributed by atoms with Gasteiger partial charge < -0.3 is 4.90 Å². The van der Waals surface area contributed by atoms with Crippen LogP contribution in [0.25, 0.3) is 0 Å². The number of carbonyl (C=O) groups excluding carboxylic acids is 3. The molecule has 1 fully saturated rings. The third-order valence-electron chi connectivity index (χ3n) is 4.76. The summed E-state index contributed by atoms with van der Waals surface area (Å²) in [5.74, 6) is -0.998. The van der Waals surface area contributed by atoms with Crippen molar-refractivity contribution in [1.29, 1.82) is 0 Å². The molecule has 6 heteroatoms. The van der Waals surface area contributed by atoms with Gasteiger partial charge in [0.15, 0.2) is 0 Å². The lowest BCUT2D eigenvalue weighted by molar-refractivity contribution is -0.123. The average Bonchev–Trinajstić information content (AvgIpc) is 2.89. The van der Waals surface area contributed by atoms with Crippen molar-refractivity contribution in [3.05, 3.63) is 64.7 Å². The van der Waals surface area contributed by atoms with Crippen molar-refractivity contribution in [1.82, 2.24) is 4.90 Å². The zero-order valence-electron chi connectivity index (χ0n) is 16.4. The maximum atomic E-state index is 13.3. The number of imide groups is 1. The van der Waals surface area contributed by atoms with E-state index >= 15 is 0 Å². The molecule has 1 saturated heterocycles. The second-order valence-corrected chi connectivity index (χ2v) is 8.41. The molecule has 0 aromatic heterocycles. The second-order valence-electron chi connectivity index (χ2n) is 7.98. The van der Waals surface area contributed by atoms with Gasteiger partial charge in [0.25, 0.3) is 11.8 Å². The maximum Gasteiger partial charge on any atom is 0.257 e. The quantitative estimate of drug-likeness (QED) is 0.727. The molecule has 0 N–H and O–H groups in total. The molecule has 0 saturated carbocycles. The van der Waals surface area contributed by atoms with Crippen LogP contribution in [0.5, 0.6) is 0 Å². The van der Waals surface area contributed by atoms with E-state index in [1.165, 1.54) is 4.90 Å². The Balaban J connectivity index is 1.96. The highest BCUT2D eigenvalue weighted by atomic mass is 35.5. The third-order valence-corrected chi connectivity index (χ3v) is 5.01. The van der Waals surface area contributed by atoms with E-state index in [4.69, 9.17) is 11.6 Å². The Bertz CT molecular complexity index is 914.